The Morgan fingerprint density at radius 1 is 1.28 bits per heavy atom. The van der Waals surface area contributed by atoms with E-state index in [9.17, 15) is 13.2 Å². The number of rotatable bonds is 6. The Balaban J connectivity index is 2.47. The first kappa shape index (κ1) is 14.7. The Morgan fingerprint density at radius 3 is 2.44 bits per heavy atom. The molecule has 0 bridgehead atoms. The van der Waals surface area contributed by atoms with E-state index in [4.69, 9.17) is 0 Å². The molecule has 0 aliphatic rings. The van der Waals surface area contributed by atoms with Crippen LogP contribution in [-0.4, -0.2) is 33.7 Å². The van der Waals surface area contributed by atoms with Crippen molar-refractivity contribution < 1.29 is 13.2 Å². The Labute approximate surface area is 108 Å². The number of sulfonamides is 1. The average molecular weight is 270 g/mol. The number of amides is 1. The van der Waals surface area contributed by atoms with Gasteiger partial charge in [0, 0.05) is 6.54 Å². The Morgan fingerprint density at radius 2 is 1.89 bits per heavy atom. The van der Waals surface area contributed by atoms with Crippen molar-refractivity contribution in [3.05, 3.63) is 35.9 Å². The number of carbonyl (C=O) groups is 1. The first-order chi connectivity index (χ1) is 8.46. The topological polar surface area (TPSA) is 75.3 Å². The largest absolute Gasteiger partial charge is 0.355 e. The fraction of sp³-hybridized carbons (Fsp3) is 0.417. The molecular formula is C12H18N2O3S. The lowest BCUT2D eigenvalue weighted by molar-refractivity contribution is -0.122. The van der Waals surface area contributed by atoms with Gasteiger partial charge in [-0.25, -0.2) is 13.1 Å². The molecule has 0 saturated heterocycles. The molecule has 0 saturated carbocycles. The minimum atomic E-state index is -3.27. The number of hydrogen-bond donors (Lipinski definition) is 2. The summed E-state index contributed by atoms with van der Waals surface area (Å²) in [5.74, 6) is -0.576. The van der Waals surface area contributed by atoms with Crippen LogP contribution >= 0.6 is 0 Å². The lowest BCUT2D eigenvalue weighted by atomic mass is 10.0. The number of carbonyl (C=O) groups excluding carboxylic acids is 1. The maximum Gasteiger partial charge on any atom is 0.227 e. The standard InChI is InChI=1S/C12H18N2O3S/c1-10(11-6-4-3-5-7-11)12(15)14-8-9-18(16,17)13-2/h3-7,10,13H,8-9H2,1-2H3,(H,14,15)/t10-/m0/s1. The van der Waals surface area contributed by atoms with Crippen LogP contribution in [0.25, 0.3) is 0 Å². The summed E-state index contributed by atoms with van der Waals surface area (Å²) < 4.78 is 24.5. The summed E-state index contributed by atoms with van der Waals surface area (Å²) in [4.78, 5) is 11.8. The second-order valence-electron chi connectivity index (χ2n) is 3.95. The highest BCUT2D eigenvalue weighted by Crippen LogP contribution is 2.13. The Bertz CT molecular complexity index is 485. The number of benzene rings is 1. The van der Waals surface area contributed by atoms with Crippen LogP contribution in [0, 0.1) is 0 Å². The smallest absolute Gasteiger partial charge is 0.227 e. The van der Waals surface area contributed by atoms with Crippen molar-refractivity contribution in [1.82, 2.24) is 10.0 Å². The van der Waals surface area contributed by atoms with Gasteiger partial charge in [-0.15, -0.1) is 0 Å². The lowest BCUT2D eigenvalue weighted by Gasteiger charge is -2.12. The number of nitrogens with one attached hydrogen (secondary N) is 2. The molecule has 0 heterocycles. The van der Waals surface area contributed by atoms with Crippen molar-refractivity contribution in [1.29, 1.82) is 0 Å². The molecule has 18 heavy (non-hydrogen) atoms. The summed E-state index contributed by atoms with van der Waals surface area (Å²) in [6.45, 7) is 1.90. The van der Waals surface area contributed by atoms with E-state index in [-0.39, 0.29) is 24.1 Å². The van der Waals surface area contributed by atoms with Crippen molar-refractivity contribution >= 4 is 15.9 Å². The summed E-state index contributed by atoms with van der Waals surface area (Å²) in [5, 5.41) is 2.61. The molecule has 1 amide bonds. The Hall–Kier alpha value is -1.40. The van der Waals surface area contributed by atoms with Crippen LogP contribution in [0.5, 0.6) is 0 Å². The highest BCUT2D eigenvalue weighted by molar-refractivity contribution is 7.89. The molecule has 100 valence electrons. The Kier molecular flexibility index (Phi) is 5.30. The summed E-state index contributed by atoms with van der Waals surface area (Å²) in [7, 11) is -1.92. The molecular weight excluding hydrogens is 252 g/mol. The van der Waals surface area contributed by atoms with E-state index in [2.05, 4.69) is 10.0 Å². The van der Waals surface area contributed by atoms with E-state index in [0.717, 1.165) is 5.56 Å². The third kappa shape index (κ3) is 4.46. The van der Waals surface area contributed by atoms with Gasteiger partial charge < -0.3 is 5.32 Å². The molecule has 0 radical (unpaired) electrons. The third-order valence-electron chi connectivity index (χ3n) is 2.67. The molecule has 1 atom stereocenters. The molecule has 0 aliphatic heterocycles. The minimum absolute atomic E-state index is 0.110. The van der Waals surface area contributed by atoms with Gasteiger partial charge in [0.05, 0.1) is 11.7 Å². The van der Waals surface area contributed by atoms with Gasteiger partial charge in [-0.05, 0) is 19.5 Å². The van der Waals surface area contributed by atoms with Crippen LogP contribution < -0.4 is 10.0 Å². The van der Waals surface area contributed by atoms with E-state index in [1.54, 1.807) is 6.92 Å². The maximum absolute atomic E-state index is 11.8. The van der Waals surface area contributed by atoms with Crippen LogP contribution in [0.15, 0.2) is 30.3 Å². The zero-order valence-electron chi connectivity index (χ0n) is 10.5. The minimum Gasteiger partial charge on any atom is -0.355 e. The van der Waals surface area contributed by atoms with E-state index in [1.165, 1.54) is 7.05 Å². The van der Waals surface area contributed by atoms with Gasteiger partial charge in [0.15, 0.2) is 0 Å². The lowest BCUT2D eigenvalue weighted by Crippen LogP contribution is -2.34. The monoisotopic (exact) mass is 270 g/mol. The molecule has 0 fully saturated rings. The molecule has 0 unspecified atom stereocenters. The SMILES string of the molecule is CNS(=O)(=O)CCNC(=O)[C@@H](C)c1ccccc1. The van der Waals surface area contributed by atoms with Gasteiger partial charge in [-0.3, -0.25) is 4.79 Å². The molecule has 6 heteroatoms. The normalized spacial score (nSPS) is 13.0. The summed E-state index contributed by atoms with van der Waals surface area (Å²) in [5.41, 5.74) is 0.909. The second kappa shape index (κ2) is 6.51. The van der Waals surface area contributed by atoms with Crippen LogP contribution in [0.3, 0.4) is 0 Å². The van der Waals surface area contributed by atoms with Gasteiger partial charge in [0.2, 0.25) is 15.9 Å². The van der Waals surface area contributed by atoms with E-state index < -0.39 is 10.0 Å². The number of hydrogen-bond acceptors (Lipinski definition) is 3. The van der Waals surface area contributed by atoms with Gasteiger partial charge in [-0.1, -0.05) is 30.3 Å². The first-order valence-electron chi connectivity index (χ1n) is 5.70. The highest BCUT2D eigenvalue weighted by Gasteiger charge is 2.15. The quantitative estimate of drug-likeness (QED) is 0.788. The zero-order valence-corrected chi connectivity index (χ0v) is 11.3. The van der Waals surface area contributed by atoms with Gasteiger partial charge in [0.1, 0.15) is 0 Å². The molecule has 2 N–H and O–H groups in total. The van der Waals surface area contributed by atoms with Gasteiger partial charge >= 0.3 is 0 Å². The van der Waals surface area contributed by atoms with Crippen LogP contribution in [0.4, 0.5) is 0 Å². The maximum atomic E-state index is 11.8. The summed E-state index contributed by atoms with van der Waals surface area (Å²) >= 11 is 0. The van der Waals surface area contributed by atoms with E-state index in [0.29, 0.717) is 0 Å². The first-order valence-corrected chi connectivity index (χ1v) is 7.35. The van der Waals surface area contributed by atoms with E-state index in [1.807, 2.05) is 30.3 Å². The molecule has 1 aromatic rings. The molecule has 0 spiro atoms. The second-order valence-corrected chi connectivity index (χ2v) is 5.99. The van der Waals surface area contributed by atoms with Crippen LogP contribution in [0.2, 0.25) is 0 Å². The van der Waals surface area contributed by atoms with E-state index >= 15 is 0 Å². The molecule has 5 nitrogen and oxygen atoms in total. The van der Waals surface area contributed by atoms with Gasteiger partial charge in [0.25, 0.3) is 0 Å². The van der Waals surface area contributed by atoms with Crippen LogP contribution in [-0.2, 0) is 14.8 Å². The third-order valence-corrected chi connectivity index (χ3v) is 4.04. The predicted octanol–water partition coefficient (Wildman–Crippen LogP) is 0.456. The van der Waals surface area contributed by atoms with Crippen molar-refractivity contribution in [3.63, 3.8) is 0 Å². The zero-order chi connectivity index (χ0) is 13.6. The predicted molar refractivity (Wildman–Crippen MR) is 70.7 cm³/mol. The average Bonchev–Trinajstić information content (AvgIpc) is 2.38. The van der Waals surface area contributed by atoms with Crippen molar-refractivity contribution in [2.24, 2.45) is 0 Å². The molecule has 1 rings (SSSR count). The summed E-state index contributed by atoms with van der Waals surface area (Å²) in [6, 6.07) is 9.35. The van der Waals surface area contributed by atoms with Gasteiger partial charge in [-0.2, -0.15) is 0 Å². The van der Waals surface area contributed by atoms with Crippen molar-refractivity contribution in [2.45, 2.75) is 12.8 Å². The molecule has 0 aromatic heterocycles. The van der Waals surface area contributed by atoms with Crippen molar-refractivity contribution in [2.75, 3.05) is 19.3 Å². The molecule has 1 aromatic carbocycles. The van der Waals surface area contributed by atoms with Crippen LogP contribution in [0.1, 0.15) is 18.4 Å². The van der Waals surface area contributed by atoms with Crippen molar-refractivity contribution in [3.8, 4) is 0 Å². The summed E-state index contributed by atoms with van der Waals surface area (Å²) in [6.07, 6.45) is 0. The highest BCUT2D eigenvalue weighted by atomic mass is 32.2. The fourth-order valence-electron chi connectivity index (χ4n) is 1.46. The fourth-order valence-corrected chi connectivity index (χ4v) is 2.03. The molecule has 0 aliphatic carbocycles.